The molecule has 1 fully saturated rings. The second-order valence-electron chi connectivity index (χ2n) is 6.72. The van der Waals surface area contributed by atoms with Gasteiger partial charge < -0.3 is 10.6 Å². The number of nitrogens with zero attached hydrogens (tertiary/aromatic N) is 2. The molecule has 1 aliphatic carbocycles. The monoisotopic (exact) mass is 292 g/mol. The molecule has 0 aromatic carbocycles. The summed E-state index contributed by atoms with van der Waals surface area (Å²) in [6.45, 7) is 7.52. The number of carbonyl (C=O) groups is 2. The Morgan fingerprint density at radius 2 is 2.10 bits per heavy atom. The van der Waals surface area contributed by atoms with Crippen molar-refractivity contribution in [2.24, 2.45) is 11.3 Å². The Hall–Kier alpha value is -1.85. The van der Waals surface area contributed by atoms with E-state index in [1.807, 2.05) is 25.5 Å². The van der Waals surface area contributed by atoms with Crippen LogP contribution in [-0.4, -0.2) is 28.1 Å². The number of aromatic nitrogens is 2. The Bertz CT molecular complexity index is 526. The summed E-state index contributed by atoms with van der Waals surface area (Å²) >= 11 is 0. The van der Waals surface area contributed by atoms with Gasteiger partial charge in [-0.05, 0) is 25.7 Å². The Morgan fingerprint density at radius 1 is 1.43 bits per heavy atom. The predicted molar refractivity (Wildman–Crippen MR) is 80.8 cm³/mol. The summed E-state index contributed by atoms with van der Waals surface area (Å²) in [5, 5.41) is 9.73. The smallest absolute Gasteiger partial charge is 0.244 e. The van der Waals surface area contributed by atoms with E-state index in [1.165, 1.54) is 12.8 Å². The molecule has 1 heterocycles. The lowest BCUT2D eigenvalue weighted by atomic mass is 9.96. The van der Waals surface area contributed by atoms with Gasteiger partial charge in [0.15, 0.2) is 0 Å². The van der Waals surface area contributed by atoms with E-state index in [0.717, 1.165) is 0 Å². The highest BCUT2D eigenvalue weighted by Crippen LogP contribution is 2.40. The van der Waals surface area contributed by atoms with Gasteiger partial charge in [-0.1, -0.05) is 20.8 Å². The average Bonchev–Trinajstić information content (AvgIpc) is 3.15. The van der Waals surface area contributed by atoms with E-state index in [1.54, 1.807) is 12.3 Å². The molecule has 1 unspecified atom stereocenters. The number of rotatable bonds is 5. The molecule has 1 saturated carbocycles. The minimum Gasteiger partial charge on any atom is -0.347 e. The van der Waals surface area contributed by atoms with E-state index in [4.69, 9.17) is 0 Å². The van der Waals surface area contributed by atoms with Gasteiger partial charge in [0.2, 0.25) is 11.8 Å². The number of hydrogen-bond acceptors (Lipinski definition) is 3. The van der Waals surface area contributed by atoms with E-state index in [-0.39, 0.29) is 18.4 Å². The molecular weight excluding hydrogens is 268 g/mol. The van der Waals surface area contributed by atoms with Crippen molar-refractivity contribution >= 4 is 17.6 Å². The Labute approximate surface area is 125 Å². The first-order chi connectivity index (χ1) is 9.79. The third-order valence-electron chi connectivity index (χ3n) is 3.72. The lowest BCUT2D eigenvalue weighted by molar-refractivity contribution is -0.130. The van der Waals surface area contributed by atoms with Gasteiger partial charge >= 0.3 is 0 Å². The molecule has 0 bridgehead atoms. The number of carbonyl (C=O) groups excluding carboxylic acids is 2. The molecule has 116 valence electrons. The van der Waals surface area contributed by atoms with Gasteiger partial charge in [-0.25, -0.2) is 4.68 Å². The quantitative estimate of drug-likeness (QED) is 0.871. The van der Waals surface area contributed by atoms with Crippen LogP contribution in [0.4, 0.5) is 5.82 Å². The fourth-order valence-electron chi connectivity index (χ4n) is 2.13. The standard InChI is InChI=1S/C15H24N4O2/c1-10(11-5-6-11)19-12(7-8-17-19)18-13(20)9-16-14(21)15(2,3)4/h7-8,10-11H,5-6,9H2,1-4H3,(H,16,21)(H,18,20). The first-order valence-corrected chi connectivity index (χ1v) is 7.40. The van der Waals surface area contributed by atoms with Crippen LogP contribution in [0.1, 0.15) is 46.6 Å². The van der Waals surface area contributed by atoms with Crippen LogP contribution in [0.5, 0.6) is 0 Å². The molecule has 0 radical (unpaired) electrons. The second kappa shape index (κ2) is 5.87. The van der Waals surface area contributed by atoms with E-state index >= 15 is 0 Å². The van der Waals surface area contributed by atoms with E-state index in [0.29, 0.717) is 17.8 Å². The lowest BCUT2D eigenvalue weighted by Gasteiger charge is -2.18. The van der Waals surface area contributed by atoms with Crippen LogP contribution < -0.4 is 10.6 Å². The van der Waals surface area contributed by atoms with Crippen molar-refractivity contribution in [3.63, 3.8) is 0 Å². The molecule has 6 heteroatoms. The third kappa shape index (κ3) is 4.06. The summed E-state index contributed by atoms with van der Waals surface area (Å²) in [6, 6.07) is 2.07. The SMILES string of the molecule is CC(C1CC1)n1nccc1NC(=O)CNC(=O)C(C)(C)C. The largest absolute Gasteiger partial charge is 0.347 e. The Morgan fingerprint density at radius 3 is 2.67 bits per heavy atom. The topological polar surface area (TPSA) is 76.0 Å². The van der Waals surface area contributed by atoms with Gasteiger partial charge in [0, 0.05) is 11.5 Å². The van der Waals surface area contributed by atoms with Gasteiger partial charge in [-0.2, -0.15) is 5.10 Å². The maximum atomic E-state index is 11.9. The Kier molecular flexibility index (Phi) is 4.34. The number of nitrogens with one attached hydrogen (secondary N) is 2. The van der Waals surface area contributed by atoms with Crippen LogP contribution in [0.15, 0.2) is 12.3 Å². The first kappa shape index (κ1) is 15.5. The number of hydrogen-bond donors (Lipinski definition) is 2. The van der Waals surface area contributed by atoms with Crippen LogP contribution in [-0.2, 0) is 9.59 Å². The van der Waals surface area contributed by atoms with Gasteiger partial charge in [-0.3, -0.25) is 9.59 Å². The van der Waals surface area contributed by atoms with Crippen molar-refractivity contribution in [3.8, 4) is 0 Å². The van der Waals surface area contributed by atoms with Crippen LogP contribution in [0.25, 0.3) is 0 Å². The average molecular weight is 292 g/mol. The summed E-state index contributed by atoms with van der Waals surface area (Å²) in [6.07, 6.45) is 4.12. The van der Waals surface area contributed by atoms with E-state index in [9.17, 15) is 9.59 Å². The van der Waals surface area contributed by atoms with Crippen molar-refractivity contribution in [1.82, 2.24) is 15.1 Å². The summed E-state index contributed by atoms with van der Waals surface area (Å²) in [7, 11) is 0. The minimum atomic E-state index is -0.497. The molecule has 0 saturated heterocycles. The van der Waals surface area contributed by atoms with Gasteiger partial charge in [-0.15, -0.1) is 0 Å². The maximum Gasteiger partial charge on any atom is 0.244 e. The molecule has 0 aliphatic heterocycles. The normalized spacial score (nSPS) is 16.4. The summed E-state index contributed by atoms with van der Waals surface area (Å²) in [5.74, 6) is 0.959. The van der Waals surface area contributed by atoms with Crippen LogP contribution in [0, 0.1) is 11.3 Å². The summed E-state index contributed by atoms with van der Waals surface area (Å²) in [4.78, 5) is 23.7. The van der Waals surface area contributed by atoms with Gasteiger partial charge in [0.1, 0.15) is 5.82 Å². The summed E-state index contributed by atoms with van der Waals surface area (Å²) < 4.78 is 1.85. The van der Waals surface area contributed by atoms with Crippen LogP contribution in [0.2, 0.25) is 0 Å². The molecule has 1 aromatic heterocycles. The van der Waals surface area contributed by atoms with Crippen molar-refractivity contribution in [1.29, 1.82) is 0 Å². The fraction of sp³-hybridized carbons (Fsp3) is 0.667. The fourth-order valence-corrected chi connectivity index (χ4v) is 2.13. The highest BCUT2D eigenvalue weighted by Gasteiger charge is 2.30. The molecule has 2 amide bonds. The second-order valence-corrected chi connectivity index (χ2v) is 6.72. The van der Waals surface area contributed by atoms with Crippen molar-refractivity contribution in [2.75, 3.05) is 11.9 Å². The molecule has 0 spiro atoms. The Balaban J connectivity index is 1.88. The molecule has 2 N–H and O–H groups in total. The van der Waals surface area contributed by atoms with Crippen LogP contribution in [0.3, 0.4) is 0 Å². The highest BCUT2D eigenvalue weighted by molar-refractivity contribution is 5.94. The zero-order chi connectivity index (χ0) is 15.6. The minimum absolute atomic E-state index is 0.0287. The van der Waals surface area contributed by atoms with Crippen molar-refractivity contribution < 1.29 is 9.59 Å². The van der Waals surface area contributed by atoms with Crippen molar-refractivity contribution in [3.05, 3.63) is 12.3 Å². The summed E-state index contributed by atoms with van der Waals surface area (Å²) in [5.41, 5.74) is -0.497. The third-order valence-corrected chi connectivity index (χ3v) is 3.72. The molecule has 1 aromatic rings. The van der Waals surface area contributed by atoms with E-state index in [2.05, 4.69) is 22.7 Å². The molecule has 21 heavy (non-hydrogen) atoms. The zero-order valence-corrected chi connectivity index (χ0v) is 13.1. The maximum absolute atomic E-state index is 11.9. The molecule has 1 aliphatic rings. The van der Waals surface area contributed by atoms with Gasteiger partial charge in [0.05, 0.1) is 18.8 Å². The molecule has 1 atom stereocenters. The van der Waals surface area contributed by atoms with Crippen molar-refractivity contribution in [2.45, 2.75) is 46.6 Å². The highest BCUT2D eigenvalue weighted by atomic mass is 16.2. The lowest BCUT2D eigenvalue weighted by Crippen LogP contribution is -2.39. The van der Waals surface area contributed by atoms with E-state index < -0.39 is 5.41 Å². The van der Waals surface area contributed by atoms with Gasteiger partial charge in [0.25, 0.3) is 0 Å². The zero-order valence-electron chi connectivity index (χ0n) is 13.1. The number of amides is 2. The van der Waals surface area contributed by atoms with Crippen LogP contribution >= 0.6 is 0 Å². The first-order valence-electron chi connectivity index (χ1n) is 7.40. The molecule has 2 rings (SSSR count). The number of anilines is 1. The molecular formula is C15H24N4O2. The molecule has 6 nitrogen and oxygen atoms in total. The predicted octanol–water partition coefficient (Wildman–Crippen LogP) is 1.95.